The average Bonchev–Trinajstić information content (AvgIpc) is 3.11. The molecule has 0 radical (unpaired) electrons. The summed E-state index contributed by atoms with van der Waals surface area (Å²) in [5, 5.41) is 0. The van der Waals surface area contributed by atoms with Crippen molar-refractivity contribution >= 4 is 11.0 Å². The Morgan fingerprint density at radius 3 is 2.06 bits per heavy atom. The van der Waals surface area contributed by atoms with Crippen LogP contribution in [0.2, 0.25) is 0 Å². The van der Waals surface area contributed by atoms with Gasteiger partial charge in [0.1, 0.15) is 5.69 Å². The van der Waals surface area contributed by atoms with Crippen molar-refractivity contribution in [3.8, 4) is 28.2 Å². The Labute approximate surface area is 203 Å². The molecule has 0 aliphatic rings. The summed E-state index contributed by atoms with van der Waals surface area (Å²) in [5.41, 5.74) is 11.4. The van der Waals surface area contributed by atoms with E-state index in [1.54, 1.807) is 0 Å². The van der Waals surface area contributed by atoms with Gasteiger partial charge in [-0.15, -0.1) is 0 Å². The summed E-state index contributed by atoms with van der Waals surface area (Å²) in [6.45, 7) is 11.2. The third-order valence-electron chi connectivity index (χ3n) is 6.84. The summed E-state index contributed by atoms with van der Waals surface area (Å²) in [5.74, 6) is 1.21. The zero-order chi connectivity index (χ0) is 24.0. The lowest BCUT2D eigenvalue weighted by Gasteiger charge is -2.20. The molecule has 5 aromatic rings. The maximum absolute atomic E-state index is 2.42. The summed E-state index contributed by atoms with van der Waals surface area (Å²) >= 11 is 0. The van der Waals surface area contributed by atoms with E-state index in [4.69, 9.17) is 0 Å². The van der Waals surface area contributed by atoms with Gasteiger partial charge in [-0.05, 0) is 77.4 Å². The molecule has 0 spiro atoms. The van der Waals surface area contributed by atoms with Gasteiger partial charge in [0.25, 0.3) is 5.82 Å². The fourth-order valence-corrected chi connectivity index (χ4v) is 4.79. The Morgan fingerprint density at radius 1 is 0.706 bits per heavy atom. The van der Waals surface area contributed by atoms with Crippen molar-refractivity contribution in [2.24, 2.45) is 7.05 Å². The minimum absolute atomic E-state index is 0.0891. The summed E-state index contributed by atoms with van der Waals surface area (Å²) in [7, 11) is 2.19. The van der Waals surface area contributed by atoms with Crippen LogP contribution in [0.5, 0.6) is 0 Å². The minimum atomic E-state index is 0.0891. The van der Waals surface area contributed by atoms with E-state index in [1.165, 1.54) is 55.9 Å². The molecule has 1 aromatic heterocycles. The highest BCUT2D eigenvalue weighted by molar-refractivity contribution is 5.81. The van der Waals surface area contributed by atoms with Gasteiger partial charge in [-0.1, -0.05) is 81.4 Å². The Hall–Kier alpha value is -3.65. The highest BCUT2D eigenvalue weighted by atomic mass is 15.2. The molecule has 2 nitrogen and oxygen atoms in total. The Bertz CT molecular complexity index is 1480. The molecule has 0 atom stereocenters. The topological polar surface area (TPSA) is 8.81 Å². The van der Waals surface area contributed by atoms with Crippen molar-refractivity contribution in [2.75, 3.05) is 0 Å². The molecule has 0 aliphatic carbocycles. The molecule has 170 valence electrons. The monoisotopic (exact) mass is 445 g/mol. The third kappa shape index (κ3) is 3.84. The van der Waals surface area contributed by atoms with Crippen LogP contribution in [0.25, 0.3) is 39.2 Å². The van der Waals surface area contributed by atoms with Gasteiger partial charge in [-0.3, -0.25) is 0 Å². The van der Waals surface area contributed by atoms with Crippen LogP contribution in [0.15, 0.2) is 91.0 Å². The SMILES string of the molecule is Cc1ccc2c(c1)[n+](C)c(-c1cc(C(C)(C)C)ccc1C)n2-c1ccc(-c2ccccc2)cc1. The van der Waals surface area contributed by atoms with Crippen LogP contribution in [0, 0.1) is 13.8 Å². The van der Waals surface area contributed by atoms with Crippen molar-refractivity contribution in [2.45, 2.75) is 40.0 Å². The number of fused-ring (bicyclic) bond motifs is 1. The molecule has 4 aromatic carbocycles. The zero-order valence-corrected chi connectivity index (χ0v) is 21.1. The van der Waals surface area contributed by atoms with Crippen LogP contribution >= 0.6 is 0 Å². The number of aryl methyl sites for hydroxylation is 3. The zero-order valence-electron chi connectivity index (χ0n) is 21.1. The van der Waals surface area contributed by atoms with Crippen molar-refractivity contribution in [1.82, 2.24) is 4.57 Å². The van der Waals surface area contributed by atoms with E-state index < -0.39 is 0 Å². The van der Waals surface area contributed by atoms with Crippen molar-refractivity contribution < 1.29 is 4.57 Å². The van der Waals surface area contributed by atoms with Crippen LogP contribution < -0.4 is 4.57 Å². The fraction of sp³-hybridized carbons (Fsp3) is 0.219. The second-order valence-corrected chi connectivity index (χ2v) is 10.4. The van der Waals surface area contributed by atoms with Crippen molar-refractivity contribution in [1.29, 1.82) is 0 Å². The fourth-order valence-electron chi connectivity index (χ4n) is 4.79. The number of hydrogen-bond donors (Lipinski definition) is 0. The highest BCUT2D eigenvalue weighted by Gasteiger charge is 2.28. The second kappa shape index (κ2) is 8.29. The molecule has 0 bridgehead atoms. The van der Waals surface area contributed by atoms with Gasteiger partial charge in [0.2, 0.25) is 0 Å². The molecule has 34 heavy (non-hydrogen) atoms. The van der Waals surface area contributed by atoms with E-state index in [-0.39, 0.29) is 5.41 Å². The average molecular weight is 446 g/mol. The molecule has 0 aliphatic heterocycles. The molecule has 0 unspecified atom stereocenters. The lowest BCUT2D eigenvalue weighted by molar-refractivity contribution is -0.633. The molecular formula is C32H33N2+. The summed E-state index contributed by atoms with van der Waals surface area (Å²) in [6.07, 6.45) is 0. The van der Waals surface area contributed by atoms with E-state index in [0.717, 1.165) is 0 Å². The Morgan fingerprint density at radius 2 is 1.38 bits per heavy atom. The molecule has 0 saturated heterocycles. The smallest absolute Gasteiger partial charge is 0.225 e. The number of aromatic nitrogens is 2. The molecule has 5 rings (SSSR count). The predicted octanol–water partition coefficient (Wildman–Crippen LogP) is 7.70. The van der Waals surface area contributed by atoms with Crippen LogP contribution in [0.1, 0.15) is 37.5 Å². The molecule has 0 saturated carbocycles. The predicted molar refractivity (Wildman–Crippen MR) is 143 cm³/mol. The third-order valence-corrected chi connectivity index (χ3v) is 6.84. The number of nitrogens with zero attached hydrogens (tertiary/aromatic N) is 2. The Balaban J connectivity index is 1.77. The van der Waals surface area contributed by atoms with Gasteiger partial charge < -0.3 is 0 Å². The summed E-state index contributed by atoms with van der Waals surface area (Å²) in [6, 6.07) is 33.2. The van der Waals surface area contributed by atoms with Gasteiger partial charge >= 0.3 is 0 Å². The van der Waals surface area contributed by atoms with E-state index in [0.29, 0.717) is 0 Å². The summed E-state index contributed by atoms with van der Waals surface area (Å²) < 4.78 is 4.76. The first-order chi connectivity index (χ1) is 16.2. The molecule has 0 amide bonds. The minimum Gasteiger partial charge on any atom is -0.225 e. The first-order valence-corrected chi connectivity index (χ1v) is 12.0. The molecule has 0 fully saturated rings. The van der Waals surface area contributed by atoms with E-state index >= 15 is 0 Å². The lowest BCUT2D eigenvalue weighted by Crippen LogP contribution is -2.30. The van der Waals surface area contributed by atoms with Crippen molar-refractivity contribution in [3.63, 3.8) is 0 Å². The number of benzene rings is 4. The van der Waals surface area contributed by atoms with Gasteiger partial charge in [0.15, 0.2) is 11.0 Å². The normalized spacial score (nSPS) is 11.8. The van der Waals surface area contributed by atoms with E-state index in [9.17, 15) is 0 Å². The first-order valence-electron chi connectivity index (χ1n) is 12.0. The van der Waals surface area contributed by atoms with Gasteiger partial charge in [-0.2, -0.15) is 4.57 Å². The van der Waals surface area contributed by atoms with Crippen molar-refractivity contribution in [3.05, 3.63) is 108 Å². The molecule has 0 N–H and O–H groups in total. The lowest BCUT2D eigenvalue weighted by atomic mass is 9.85. The molecule has 2 heteroatoms. The second-order valence-electron chi connectivity index (χ2n) is 10.4. The van der Waals surface area contributed by atoms with Gasteiger partial charge in [0, 0.05) is 0 Å². The van der Waals surface area contributed by atoms with Gasteiger partial charge in [-0.25, -0.2) is 4.57 Å². The highest BCUT2D eigenvalue weighted by Crippen LogP contribution is 2.33. The standard InChI is InChI=1S/C32H33N2/c1-22-12-19-29-30(20-22)33(6)31(28-21-26(32(3,4)5)16-13-23(28)2)34(29)27-17-14-25(15-18-27)24-10-8-7-9-11-24/h7-21H,1-6H3/q+1. The quantitative estimate of drug-likeness (QED) is 0.252. The summed E-state index contributed by atoms with van der Waals surface area (Å²) in [4.78, 5) is 0. The number of hydrogen-bond acceptors (Lipinski definition) is 0. The van der Waals surface area contributed by atoms with Gasteiger partial charge in [0.05, 0.1) is 12.6 Å². The van der Waals surface area contributed by atoms with E-state index in [1.807, 2.05) is 0 Å². The number of rotatable bonds is 3. The van der Waals surface area contributed by atoms with Crippen LogP contribution in [-0.2, 0) is 12.5 Å². The van der Waals surface area contributed by atoms with Crippen LogP contribution in [0.3, 0.4) is 0 Å². The first kappa shape index (κ1) is 22.2. The Kier molecular flexibility index (Phi) is 5.40. The maximum Gasteiger partial charge on any atom is 0.295 e. The van der Waals surface area contributed by atoms with Crippen LogP contribution in [0.4, 0.5) is 0 Å². The maximum atomic E-state index is 2.42. The van der Waals surface area contributed by atoms with E-state index in [2.05, 4.69) is 142 Å². The number of imidazole rings is 1. The molecule has 1 heterocycles. The van der Waals surface area contributed by atoms with Crippen LogP contribution in [-0.4, -0.2) is 4.57 Å². The molecular weight excluding hydrogens is 412 g/mol. The largest absolute Gasteiger partial charge is 0.295 e.